The van der Waals surface area contributed by atoms with Crippen molar-refractivity contribution < 1.29 is 17.9 Å². The van der Waals surface area contributed by atoms with Crippen LogP contribution in [0.5, 0.6) is 5.75 Å². The van der Waals surface area contributed by atoms with Gasteiger partial charge < -0.3 is 10.1 Å². The molecule has 1 amide bonds. The number of carbonyl (C=O) groups is 1. The molecule has 2 N–H and O–H groups in total. The van der Waals surface area contributed by atoms with Crippen LogP contribution in [0, 0.1) is 6.92 Å². The number of nitrogens with one attached hydrogen (secondary N) is 2. The maximum Gasteiger partial charge on any atom is 0.243 e. The second kappa shape index (κ2) is 7.41. The Bertz CT molecular complexity index is 819. The van der Waals surface area contributed by atoms with Gasteiger partial charge in [-0.25, -0.2) is 13.4 Å². The summed E-state index contributed by atoms with van der Waals surface area (Å²) in [7, 11) is -2.32. The molecule has 1 unspecified atom stereocenters. The third kappa shape index (κ3) is 4.53. The van der Waals surface area contributed by atoms with E-state index < -0.39 is 22.0 Å². The average Bonchev–Trinajstić information content (AvgIpc) is 2.54. The number of carbonyl (C=O) groups excluding carboxylic acids is 1. The highest BCUT2D eigenvalue weighted by Crippen LogP contribution is 2.15. The van der Waals surface area contributed by atoms with Crippen LogP contribution in [0.1, 0.15) is 12.6 Å². The zero-order valence-electron chi connectivity index (χ0n) is 13.6. The number of sulfonamides is 1. The molecule has 0 fully saturated rings. The summed E-state index contributed by atoms with van der Waals surface area (Å²) in [6.45, 7) is 3.26. The monoisotopic (exact) mass is 349 g/mol. The molecule has 0 aliphatic heterocycles. The molecule has 8 heteroatoms. The molecule has 7 nitrogen and oxygen atoms in total. The number of rotatable bonds is 6. The van der Waals surface area contributed by atoms with Crippen molar-refractivity contribution in [3.05, 3.63) is 48.2 Å². The number of ether oxygens (including phenoxy) is 1. The van der Waals surface area contributed by atoms with Crippen LogP contribution < -0.4 is 14.8 Å². The van der Waals surface area contributed by atoms with Crippen LogP contribution in [0.15, 0.2) is 47.4 Å². The minimum atomic E-state index is -3.82. The molecule has 0 bridgehead atoms. The normalized spacial score (nSPS) is 12.5. The number of pyridine rings is 1. The molecular formula is C16H19N3O4S. The molecule has 0 aliphatic carbocycles. The molecule has 2 rings (SSSR count). The second-order valence-corrected chi connectivity index (χ2v) is 6.89. The fourth-order valence-electron chi connectivity index (χ4n) is 1.96. The smallest absolute Gasteiger partial charge is 0.243 e. The number of anilines is 1. The fourth-order valence-corrected chi connectivity index (χ4v) is 3.16. The topological polar surface area (TPSA) is 97.4 Å². The van der Waals surface area contributed by atoms with E-state index in [0.29, 0.717) is 11.6 Å². The van der Waals surface area contributed by atoms with E-state index in [1.807, 2.05) is 0 Å². The Morgan fingerprint density at radius 1 is 1.17 bits per heavy atom. The molecule has 0 saturated carbocycles. The van der Waals surface area contributed by atoms with Crippen LogP contribution >= 0.6 is 0 Å². The SMILES string of the molecule is COc1ccc(S(=O)(=O)NC(C)C(=O)Nc2cccc(C)n2)cc1. The summed E-state index contributed by atoms with van der Waals surface area (Å²) >= 11 is 0. The van der Waals surface area contributed by atoms with Gasteiger partial charge in [0.05, 0.1) is 18.0 Å². The first-order valence-corrected chi connectivity index (χ1v) is 8.71. The number of benzene rings is 1. The van der Waals surface area contributed by atoms with Crippen LogP contribution in [0.2, 0.25) is 0 Å². The zero-order valence-corrected chi connectivity index (χ0v) is 14.4. The molecule has 1 aromatic heterocycles. The Hall–Kier alpha value is -2.45. The summed E-state index contributed by atoms with van der Waals surface area (Å²) in [6.07, 6.45) is 0. The lowest BCUT2D eigenvalue weighted by atomic mass is 10.3. The summed E-state index contributed by atoms with van der Waals surface area (Å²) in [5.74, 6) is 0.422. The van der Waals surface area contributed by atoms with Gasteiger partial charge in [0.15, 0.2) is 0 Å². The van der Waals surface area contributed by atoms with Gasteiger partial charge in [0.2, 0.25) is 15.9 Å². The summed E-state index contributed by atoms with van der Waals surface area (Å²) in [5.41, 5.74) is 0.749. The molecule has 1 heterocycles. The van der Waals surface area contributed by atoms with Gasteiger partial charge in [0.1, 0.15) is 11.6 Å². The highest BCUT2D eigenvalue weighted by Gasteiger charge is 2.22. The molecule has 1 aromatic carbocycles. The van der Waals surface area contributed by atoms with Gasteiger partial charge in [-0.3, -0.25) is 4.79 Å². The van der Waals surface area contributed by atoms with E-state index in [-0.39, 0.29) is 4.90 Å². The van der Waals surface area contributed by atoms with Gasteiger partial charge in [-0.2, -0.15) is 4.72 Å². The highest BCUT2D eigenvalue weighted by molar-refractivity contribution is 7.89. The van der Waals surface area contributed by atoms with Crippen LogP contribution in [0.25, 0.3) is 0 Å². The zero-order chi connectivity index (χ0) is 17.7. The summed E-state index contributed by atoms with van der Waals surface area (Å²) in [4.78, 5) is 16.3. The number of aryl methyl sites for hydroxylation is 1. The van der Waals surface area contributed by atoms with Crippen molar-refractivity contribution in [1.82, 2.24) is 9.71 Å². The summed E-state index contributed by atoms with van der Waals surface area (Å²) in [6, 6.07) is 10.1. The average molecular weight is 349 g/mol. The fraction of sp³-hybridized carbons (Fsp3) is 0.250. The Morgan fingerprint density at radius 2 is 1.83 bits per heavy atom. The lowest BCUT2D eigenvalue weighted by molar-refractivity contribution is -0.117. The standard InChI is InChI=1S/C16H19N3O4S/c1-11-5-4-6-15(17-11)18-16(20)12(2)19-24(21,22)14-9-7-13(23-3)8-10-14/h4-10,12,19H,1-3H3,(H,17,18,20). The van der Waals surface area contributed by atoms with Crippen molar-refractivity contribution in [2.75, 3.05) is 12.4 Å². The predicted octanol–water partition coefficient (Wildman–Crippen LogP) is 1.70. The maximum absolute atomic E-state index is 12.3. The first-order chi connectivity index (χ1) is 11.3. The Labute approximate surface area is 141 Å². The highest BCUT2D eigenvalue weighted by atomic mass is 32.2. The van der Waals surface area contributed by atoms with Crippen molar-refractivity contribution in [3.63, 3.8) is 0 Å². The number of hydrogen-bond donors (Lipinski definition) is 2. The lowest BCUT2D eigenvalue weighted by Crippen LogP contribution is -2.41. The van der Waals surface area contributed by atoms with Crippen LogP contribution in [0.3, 0.4) is 0 Å². The van der Waals surface area contributed by atoms with E-state index in [2.05, 4.69) is 15.0 Å². The van der Waals surface area contributed by atoms with Gasteiger partial charge >= 0.3 is 0 Å². The van der Waals surface area contributed by atoms with E-state index in [1.54, 1.807) is 25.1 Å². The Morgan fingerprint density at radius 3 is 2.42 bits per heavy atom. The predicted molar refractivity (Wildman–Crippen MR) is 90.4 cm³/mol. The Kier molecular flexibility index (Phi) is 5.53. The number of amides is 1. The molecule has 1 atom stereocenters. The maximum atomic E-state index is 12.3. The van der Waals surface area contributed by atoms with Crippen molar-refractivity contribution in [1.29, 1.82) is 0 Å². The minimum Gasteiger partial charge on any atom is -0.497 e. The van der Waals surface area contributed by atoms with Crippen molar-refractivity contribution in [2.24, 2.45) is 0 Å². The van der Waals surface area contributed by atoms with Crippen LogP contribution in [0.4, 0.5) is 5.82 Å². The third-order valence-corrected chi connectivity index (χ3v) is 4.79. The number of nitrogens with zero attached hydrogens (tertiary/aromatic N) is 1. The molecular weight excluding hydrogens is 330 g/mol. The number of methoxy groups -OCH3 is 1. The second-order valence-electron chi connectivity index (χ2n) is 5.17. The van der Waals surface area contributed by atoms with Gasteiger partial charge in [0.25, 0.3) is 0 Å². The van der Waals surface area contributed by atoms with Gasteiger partial charge in [-0.1, -0.05) is 6.07 Å². The number of aromatic nitrogens is 1. The molecule has 24 heavy (non-hydrogen) atoms. The van der Waals surface area contributed by atoms with Gasteiger partial charge in [-0.05, 0) is 50.2 Å². The van der Waals surface area contributed by atoms with Crippen molar-refractivity contribution in [3.8, 4) is 5.75 Å². The molecule has 2 aromatic rings. The summed E-state index contributed by atoms with van der Waals surface area (Å²) in [5, 5.41) is 2.58. The first-order valence-electron chi connectivity index (χ1n) is 7.23. The van der Waals surface area contributed by atoms with E-state index in [9.17, 15) is 13.2 Å². The van der Waals surface area contributed by atoms with Crippen molar-refractivity contribution in [2.45, 2.75) is 24.8 Å². The molecule has 0 aliphatic rings. The van der Waals surface area contributed by atoms with Gasteiger partial charge in [-0.15, -0.1) is 0 Å². The lowest BCUT2D eigenvalue weighted by Gasteiger charge is -2.14. The van der Waals surface area contributed by atoms with E-state index in [4.69, 9.17) is 4.74 Å². The molecule has 0 radical (unpaired) electrons. The molecule has 0 saturated heterocycles. The quantitative estimate of drug-likeness (QED) is 0.827. The van der Waals surface area contributed by atoms with E-state index in [1.165, 1.54) is 38.3 Å². The first kappa shape index (κ1) is 17.9. The third-order valence-electron chi connectivity index (χ3n) is 3.23. The Balaban J connectivity index is 2.06. The van der Waals surface area contributed by atoms with E-state index in [0.717, 1.165) is 5.69 Å². The van der Waals surface area contributed by atoms with Crippen molar-refractivity contribution >= 4 is 21.7 Å². The van der Waals surface area contributed by atoms with Gasteiger partial charge in [0, 0.05) is 5.69 Å². The largest absolute Gasteiger partial charge is 0.497 e. The van der Waals surface area contributed by atoms with Crippen LogP contribution in [-0.4, -0.2) is 32.5 Å². The minimum absolute atomic E-state index is 0.0524. The summed E-state index contributed by atoms with van der Waals surface area (Å²) < 4.78 is 31.9. The molecule has 128 valence electrons. The number of hydrogen-bond acceptors (Lipinski definition) is 5. The van der Waals surface area contributed by atoms with Crippen LogP contribution in [-0.2, 0) is 14.8 Å². The molecule has 0 spiro atoms. The van der Waals surface area contributed by atoms with E-state index >= 15 is 0 Å².